The molecule has 15 heteroatoms. The Morgan fingerprint density at radius 2 is 1.98 bits per heavy atom. The van der Waals surface area contributed by atoms with Gasteiger partial charge < -0.3 is 28.8 Å². The Morgan fingerprint density at radius 1 is 1.17 bits per heavy atom. The Morgan fingerprint density at radius 3 is 2.72 bits per heavy atom. The van der Waals surface area contributed by atoms with E-state index in [0.29, 0.717) is 61.6 Å². The summed E-state index contributed by atoms with van der Waals surface area (Å²) in [7, 11) is 0. The molecule has 1 aliphatic carbocycles. The molecule has 6 heterocycles. The number of ether oxygens (including phenoxy) is 3. The number of rotatable bonds is 4. The minimum atomic E-state index is -0.636. The van der Waals surface area contributed by atoms with Gasteiger partial charge in [0.05, 0.1) is 12.7 Å². The zero-order chi connectivity index (χ0) is 32.7. The molecule has 1 spiro atoms. The van der Waals surface area contributed by atoms with Crippen molar-refractivity contribution in [2.45, 2.75) is 70.1 Å². The second-order valence-electron chi connectivity index (χ2n) is 14.1. The van der Waals surface area contributed by atoms with Gasteiger partial charge in [-0.3, -0.25) is 14.6 Å². The van der Waals surface area contributed by atoms with E-state index >= 15 is 4.39 Å². The smallest absolute Gasteiger partial charge is 0.416 e. The number of nitrogens with one attached hydrogen (secondary N) is 1. The third-order valence-corrected chi connectivity index (χ3v) is 9.62. The molecular weight excluding hydrogens is 613 g/mol. The van der Waals surface area contributed by atoms with E-state index in [9.17, 15) is 14.4 Å². The highest BCUT2D eigenvalue weighted by Crippen LogP contribution is 2.41. The van der Waals surface area contributed by atoms with Gasteiger partial charge in [0.25, 0.3) is 11.8 Å². The zero-order valence-electron chi connectivity index (χ0n) is 26.5. The molecule has 2 atom stereocenters. The first-order chi connectivity index (χ1) is 22.4. The highest BCUT2D eigenvalue weighted by atomic mass is 19.1. The minimum Gasteiger partial charge on any atom is -0.465 e. The van der Waals surface area contributed by atoms with Crippen LogP contribution in [0.1, 0.15) is 63.1 Å². The Balaban J connectivity index is 0.885. The Labute approximate surface area is 269 Å². The van der Waals surface area contributed by atoms with Crippen LogP contribution in [0.15, 0.2) is 16.7 Å². The molecule has 14 nitrogen and oxygen atoms in total. The lowest BCUT2D eigenvalue weighted by Crippen LogP contribution is -2.48. The molecule has 2 aromatic heterocycles. The molecule has 47 heavy (non-hydrogen) atoms. The van der Waals surface area contributed by atoms with Crippen LogP contribution in [0, 0.1) is 11.7 Å². The van der Waals surface area contributed by atoms with E-state index in [1.54, 1.807) is 4.90 Å². The molecule has 3 saturated heterocycles. The number of carbonyl (C=O) groups is 3. The summed E-state index contributed by atoms with van der Waals surface area (Å²) in [5, 5.41) is 2.62. The van der Waals surface area contributed by atoms with Gasteiger partial charge in [0, 0.05) is 39.0 Å². The largest absolute Gasteiger partial charge is 0.465 e. The molecular formula is C32H36FN7O7. The van der Waals surface area contributed by atoms with Crippen LogP contribution in [-0.2, 0) is 27.1 Å². The number of hydrogen-bond donors (Lipinski definition) is 1. The number of amides is 3. The highest BCUT2D eigenvalue weighted by molar-refractivity contribution is 5.95. The fourth-order valence-electron chi connectivity index (χ4n) is 7.22. The SMILES string of the molecule is CC(C)(C)OC(=O)N1CC[C@@H]1c1nc2cc3c(c(F)c2o1)CC(CN1CCC2(CC1)CN(c1cnc4c(n1)NC(=O)CO4)C(=O)O2)C3. The number of hydrogen-bond acceptors (Lipinski definition) is 11. The van der Waals surface area contributed by atoms with Crippen LogP contribution < -0.4 is 15.0 Å². The van der Waals surface area contributed by atoms with Gasteiger partial charge in [0.1, 0.15) is 22.8 Å². The average Bonchev–Trinajstić information content (AvgIpc) is 3.68. The number of anilines is 2. The fraction of sp³-hybridized carbons (Fsp3) is 0.562. The standard InChI is InChI=1S/C32H36FN7O7/c1-31(2,3)46-29(42)39-7-4-21(39)27-35-20-12-18-10-17(11-19(18)24(33)25(20)45-27)14-38-8-5-32(6-9-38)16-40(30(43)47-32)22-13-34-28-26(36-22)37-23(41)15-44-28/h12-13,17,21H,4-11,14-16H2,1-3H3,(H,36,37,41)/t17?,21-/m1/s1. The van der Waals surface area contributed by atoms with E-state index < -0.39 is 23.4 Å². The molecule has 3 aromatic rings. The van der Waals surface area contributed by atoms with E-state index in [1.165, 1.54) is 11.1 Å². The molecule has 3 fully saturated rings. The first-order valence-corrected chi connectivity index (χ1v) is 16.1. The van der Waals surface area contributed by atoms with E-state index in [2.05, 4.69) is 25.2 Å². The van der Waals surface area contributed by atoms with E-state index in [0.717, 1.165) is 31.6 Å². The number of oxazole rings is 1. The Bertz CT molecular complexity index is 1800. The van der Waals surface area contributed by atoms with Crippen LogP contribution in [0.5, 0.6) is 5.88 Å². The zero-order valence-corrected chi connectivity index (χ0v) is 26.5. The van der Waals surface area contributed by atoms with Gasteiger partial charge in [-0.2, -0.15) is 0 Å². The van der Waals surface area contributed by atoms with Crippen molar-refractivity contribution in [3.05, 3.63) is 35.1 Å². The lowest BCUT2D eigenvalue weighted by Gasteiger charge is -2.39. The first-order valence-electron chi connectivity index (χ1n) is 16.1. The summed E-state index contributed by atoms with van der Waals surface area (Å²) in [6.45, 7) is 8.47. The van der Waals surface area contributed by atoms with E-state index in [4.69, 9.17) is 18.6 Å². The van der Waals surface area contributed by atoms with Gasteiger partial charge in [0.2, 0.25) is 5.89 Å². The van der Waals surface area contributed by atoms with Crippen molar-refractivity contribution in [3.8, 4) is 5.88 Å². The van der Waals surface area contributed by atoms with Gasteiger partial charge >= 0.3 is 12.2 Å². The summed E-state index contributed by atoms with van der Waals surface area (Å²) in [6.07, 6.45) is 3.85. The van der Waals surface area contributed by atoms with Crippen LogP contribution in [0.25, 0.3) is 11.1 Å². The molecule has 5 aliphatic rings. The Kier molecular flexibility index (Phi) is 6.83. The Hall–Kier alpha value is -4.53. The third kappa shape index (κ3) is 5.39. The summed E-state index contributed by atoms with van der Waals surface area (Å²) < 4.78 is 38.4. The monoisotopic (exact) mass is 649 g/mol. The maximum absolute atomic E-state index is 15.8. The van der Waals surface area contributed by atoms with Gasteiger partial charge in [0.15, 0.2) is 29.6 Å². The number of carbonyl (C=O) groups excluding carboxylic acids is 3. The van der Waals surface area contributed by atoms with Crippen LogP contribution in [0.2, 0.25) is 0 Å². The number of likely N-dealkylation sites (tertiary alicyclic amines) is 2. The number of halogens is 1. The summed E-state index contributed by atoms with van der Waals surface area (Å²) in [4.78, 5) is 55.7. The van der Waals surface area contributed by atoms with Crippen LogP contribution in [-0.4, -0.2) is 93.4 Å². The first kappa shape index (κ1) is 29.8. The van der Waals surface area contributed by atoms with Gasteiger partial charge in [-0.15, -0.1) is 0 Å². The van der Waals surface area contributed by atoms with Gasteiger partial charge in [-0.05, 0) is 63.1 Å². The predicted molar refractivity (Wildman–Crippen MR) is 164 cm³/mol. The second kappa shape index (κ2) is 10.8. The van der Waals surface area contributed by atoms with Crippen molar-refractivity contribution in [2.24, 2.45) is 5.92 Å². The number of benzene rings is 1. The molecule has 1 N–H and O–H groups in total. The van der Waals surface area contributed by atoms with Crippen molar-refractivity contribution in [3.63, 3.8) is 0 Å². The van der Waals surface area contributed by atoms with Crippen molar-refractivity contribution in [1.29, 1.82) is 0 Å². The maximum atomic E-state index is 15.8. The quantitative estimate of drug-likeness (QED) is 0.437. The van der Waals surface area contributed by atoms with Crippen molar-refractivity contribution in [2.75, 3.05) is 49.5 Å². The molecule has 1 unspecified atom stereocenters. The van der Waals surface area contributed by atoms with Crippen LogP contribution in [0.4, 0.5) is 25.6 Å². The van der Waals surface area contributed by atoms with Crippen molar-refractivity contribution >= 4 is 40.8 Å². The average molecular weight is 650 g/mol. The van der Waals surface area contributed by atoms with E-state index in [-0.39, 0.29) is 47.6 Å². The summed E-state index contributed by atoms with van der Waals surface area (Å²) in [5.74, 6) is 0.570. The normalized spacial score (nSPS) is 23.7. The molecule has 8 rings (SSSR count). The third-order valence-electron chi connectivity index (χ3n) is 9.62. The number of piperidine rings is 1. The molecule has 1 aromatic carbocycles. The molecule has 248 valence electrons. The molecule has 4 aliphatic heterocycles. The molecule has 0 radical (unpaired) electrons. The maximum Gasteiger partial charge on any atom is 0.416 e. The lowest BCUT2D eigenvalue weighted by molar-refractivity contribution is -0.118. The topological polar surface area (TPSA) is 152 Å². The van der Waals surface area contributed by atoms with E-state index in [1.807, 2.05) is 26.8 Å². The van der Waals surface area contributed by atoms with Crippen LogP contribution >= 0.6 is 0 Å². The molecule has 3 amide bonds. The highest BCUT2D eigenvalue weighted by Gasteiger charge is 2.48. The van der Waals surface area contributed by atoms with Gasteiger partial charge in [-0.25, -0.2) is 28.9 Å². The number of nitrogens with zero attached hydrogens (tertiary/aromatic N) is 6. The molecule has 0 bridgehead atoms. The second-order valence-corrected chi connectivity index (χ2v) is 14.1. The van der Waals surface area contributed by atoms with Crippen molar-refractivity contribution in [1.82, 2.24) is 24.8 Å². The predicted octanol–water partition coefficient (Wildman–Crippen LogP) is 3.98. The van der Waals surface area contributed by atoms with Crippen LogP contribution in [0.3, 0.4) is 0 Å². The summed E-state index contributed by atoms with van der Waals surface area (Å²) in [6, 6.07) is 1.56. The number of fused-ring (bicyclic) bond motifs is 3. The molecule has 0 saturated carbocycles. The lowest BCUT2D eigenvalue weighted by atomic mass is 9.90. The minimum absolute atomic E-state index is 0.127. The van der Waals surface area contributed by atoms with Gasteiger partial charge in [-0.1, -0.05) is 0 Å². The summed E-state index contributed by atoms with van der Waals surface area (Å²) >= 11 is 0. The number of aromatic nitrogens is 3. The van der Waals surface area contributed by atoms with Crippen molar-refractivity contribution < 1.29 is 37.4 Å². The fourth-order valence-corrected chi connectivity index (χ4v) is 7.22. The summed E-state index contributed by atoms with van der Waals surface area (Å²) in [5.41, 5.74) is 0.978.